The number of carbonyl (C=O) groups is 2. The summed E-state index contributed by atoms with van der Waals surface area (Å²) in [4.78, 5) is 27.5. The fourth-order valence-electron chi connectivity index (χ4n) is 3.36. The predicted octanol–water partition coefficient (Wildman–Crippen LogP) is 3.80. The molecule has 0 bridgehead atoms. The molecule has 0 aliphatic rings. The number of nitrogens with one attached hydrogen (secondary N) is 1. The summed E-state index contributed by atoms with van der Waals surface area (Å²) < 4.78 is 5.21. The molecule has 156 valence electrons. The third kappa shape index (κ3) is 6.63. The second-order valence-electron chi connectivity index (χ2n) is 7.88. The number of amides is 2. The average molecular weight is 397 g/mol. The van der Waals surface area contributed by atoms with Crippen LogP contribution in [0.25, 0.3) is 0 Å². The Morgan fingerprint density at radius 2 is 1.55 bits per heavy atom. The normalized spacial score (nSPS) is 11.8. The van der Waals surface area contributed by atoms with Crippen LogP contribution in [0.4, 0.5) is 0 Å². The van der Waals surface area contributed by atoms with Crippen LogP contribution in [0, 0.1) is 13.8 Å². The van der Waals surface area contributed by atoms with Gasteiger partial charge < -0.3 is 15.0 Å². The fourth-order valence-corrected chi connectivity index (χ4v) is 3.36. The predicted molar refractivity (Wildman–Crippen MR) is 116 cm³/mol. The van der Waals surface area contributed by atoms with E-state index in [0.29, 0.717) is 6.54 Å². The maximum Gasteiger partial charge on any atom is 0.242 e. The van der Waals surface area contributed by atoms with Crippen LogP contribution in [0.3, 0.4) is 0 Å². The maximum atomic E-state index is 13.2. The zero-order valence-corrected chi connectivity index (χ0v) is 18.3. The molecule has 0 saturated carbocycles. The Hall–Kier alpha value is -2.82. The molecule has 5 heteroatoms. The largest absolute Gasteiger partial charge is 0.497 e. The Kier molecular flexibility index (Phi) is 7.82. The van der Waals surface area contributed by atoms with Gasteiger partial charge in [0.15, 0.2) is 0 Å². The molecular weight excluding hydrogens is 364 g/mol. The summed E-state index contributed by atoms with van der Waals surface area (Å²) >= 11 is 0. The molecular formula is C24H32N2O3. The summed E-state index contributed by atoms with van der Waals surface area (Å²) in [6, 6.07) is 13.1. The zero-order chi connectivity index (χ0) is 21.6. The van der Waals surface area contributed by atoms with E-state index < -0.39 is 6.04 Å². The molecule has 0 aliphatic heterocycles. The smallest absolute Gasteiger partial charge is 0.242 e. The van der Waals surface area contributed by atoms with E-state index in [1.165, 1.54) is 0 Å². The Morgan fingerprint density at radius 3 is 2.07 bits per heavy atom. The number of hydrogen-bond donors (Lipinski definition) is 1. The minimum Gasteiger partial charge on any atom is -0.497 e. The zero-order valence-electron chi connectivity index (χ0n) is 18.3. The third-order valence-electron chi connectivity index (χ3n) is 4.75. The SMILES string of the molecule is COc1ccc(CN(C(=O)Cc2cc(C)cc(C)c2)[C@H](C)C(=O)NC(C)C)cc1. The number of rotatable bonds is 8. The van der Waals surface area contributed by atoms with Crippen molar-refractivity contribution in [2.45, 2.75) is 59.7 Å². The molecule has 0 unspecified atom stereocenters. The second kappa shape index (κ2) is 10.1. The molecule has 0 radical (unpaired) electrons. The highest BCUT2D eigenvalue weighted by Crippen LogP contribution is 2.17. The molecule has 0 aliphatic carbocycles. The Morgan fingerprint density at radius 1 is 0.966 bits per heavy atom. The van der Waals surface area contributed by atoms with Gasteiger partial charge in [-0.05, 0) is 57.9 Å². The first-order valence-corrected chi connectivity index (χ1v) is 9.99. The van der Waals surface area contributed by atoms with Crippen LogP contribution in [-0.2, 0) is 22.6 Å². The summed E-state index contributed by atoms with van der Waals surface area (Å²) in [6.45, 7) is 10.0. The van der Waals surface area contributed by atoms with Crippen LogP contribution < -0.4 is 10.1 Å². The van der Waals surface area contributed by atoms with Crippen molar-refractivity contribution >= 4 is 11.8 Å². The van der Waals surface area contributed by atoms with E-state index in [0.717, 1.165) is 28.0 Å². The number of benzene rings is 2. The summed E-state index contributed by atoms with van der Waals surface area (Å²) in [6.07, 6.45) is 0.262. The van der Waals surface area contributed by atoms with Gasteiger partial charge in [0, 0.05) is 12.6 Å². The van der Waals surface area contributed by atoms with E-state index in [1.54, 1.807) is 18.9 Å². The minimum atomic E-state index is -0.571. The summed E-state index contributed by atoms with van der Waals surface area (Å²) in [5.41, 5.74) is 4.16. The molecule has 1 N–H and O–H groups in total. The Balaban J connectivity index is 2.26. The highest BCUT2D eigenvalue weighted by Gasteiger charge is 2.26. The van der Waals surface area contributed by atoms with Crippen LogP contribution in [-0.4, -0.2) is 35.9 Å². The van der Waals surface area contributed by atoms with Crippen LogP contribution in [0.5, 0.6) is 5.75 Å². The van der Waals surface area contributed by atoms with E-state index in [1.807, 2.05) is 64.1 Å². The highest BCUT2D eigenvalue weighted by atomic mass is 16.5. The van der Waals surface area contributed by atoms with E-state index in [2.05, 4.69) is 11.4 Å². The lowest BCUT2D eigenvalue weighted by Gasteiger charge is -2.29. The van der Waals surface area contributed by atoms with Crippen molar-refractivity contribution in [2.24, 2.45) is 0 Å². The summed E-state index contributed by atoms with van der Waals surface area (Å²) in [5, 5.41) is 2.91. The number of carbonyl (C=O) groups excluding carboxylic acids is 2. The molecule has 2 amide bonds. The molecule has 2 aromatic rings. The summed E-state index contributed by atoms with van der Waals surface area (Å²) in [7, 11) is 1.62. The quantitative estimate of drug-likeness (QED) is 0.738. The number of aryl methyl sites for hydroxylation is 2. The maximum absolute atomic E-state index is 13.2. The molecule has 0 heterocycles. The van der Waals surface area contributed by atoms with Crippen molar-refractivity contribution in [3.63, 3.8) is 0 Å². The van der Waals surface area contributed by atoms with Crippen LogP contribution >= 0.6 is 0 Å². The lowest BCUT2D eigenvalue weighted by molar-refractivity contribution is -0.140. The van der Waals surface area contributed by atoms with E-state index in [-0.39, 0.29) is 24.3 Å². The molecule has 2 aromatic carbocycles. The fraction of sp³-hybridized carbons (Fsp3) is 0.417. The number of methoxy groups -OCH3 is 1. The van der Waals surface area contributed by atoms with Crippen molar-refractivity contribution in [3.8, 4) is 5.75 Å². The average Bonchev–Trinajstić information content (AvgIpc) is 2.64. The molecule has 5 nitrogen and oxygen atoms in total. The molecule has 0 aromatic heterocycles. The number of ether oxygens (including phenoxy) is 1. The van der Waals surface area contributed by atoms with Gasteiger partial charge in [-0.2, -0.15) is 0 Å². The van der Waals surface area contributed by atoms with Gasteiger partial charge >= 0.3 is 0 Å². The summed E-state index contributed by atoms with van der Waals surface area (Å²) in [5.74, 6) is 0.534. The van der Waals surface area contributed by atoms with Gasteiger partial charge in [0.2, 0.25) is 11.8 Å². The third-order valence-corrected chi connectivity index (χ3v) is 4.75. The van der Waals surface area contributed by atoms with Gasteiger partial charge in [0.25, 0.3) is 0 Å². The Bertz CT molecular complexity index is 823. The van der Waals surface area contributed by atoms with Gasteiger partial charge in [-0.15, -0.1) is 0 Å². The number of nitrogens with zero attached hydrogens (tertiary/aromatic N) is 1. The van der Waals surface area contributed by atoms with Crippen molar-refractivity contribution in [3.05, 3.63) is 64.7 Å². The van der Waals surface area contributed by atoms with Crippen LogP contribution in [0.15, 0.2) is 42.5 Å². The first-order valence-electron chi connectivity index (χ1n) is 9.99. The van der Waals surface area contributed by atoms with Crippen molar-refractivity contribution in [2.75, 3.05) is 7.11 Å². The molecule has 0 fully saturated rings. The van der Waals surface area contributed by atoms with Crippen molar-refractivity contribution in [1.82, 2.24) is 10.2 Å². The van der Waals surface area contributed by atoms with E-state index >= 15 is 0 Å². The van der Waals surface area contributed by atoms with Crippen LogP contribution in [0.2, 0.25) is 0 Å². The lowest BCUT2D eigenvalue weighted by Crippen LogP contribution is -2.49. The van der Waals surface area contributed by atoms with Crippen molar-refractivity contribution in [1.29, 1.82) is 0 Å². The van der Waals surface area contributed by atoms with E-state index in [9.17, 15) is 9.59 Å². The monoisotopic (exact) mass is 396 g/mol. The highest BCUT2D eigenvalue weighted by molar-refractivity contribution is 5.88. The second-order valence-corrected chi connectivity index (χ2v) is 7.88. The topological polar surface area (TPSA) is 58.6 Å². The van der Waals surface area contributed by atoms with Gasteiger partial charge in [0.1, 0.15) is 11.8 Å². The van der Waals surface area contributed by atoms with Gasteiger partial charge in [-0.3, -0.25) is 9.59 Å². The molecule has 29 heavy (non-hydrogen) atoms. The first kappa shape index (κ1) is 22.5. The first-order chi connectivity index (χ1) is 13.7. The van der Waals surface area contributed by atoms with Gasteiger partial charge in [-0.1, -0.05) is 41.5 Å². The van der Waals surface area contributed by atoms with Crippen LogP contribution in [0.1, 0.15) is 43.0 Å². The molecule has 2 rings (SSSR count). The van der Waals surface area contributed by atoms with Gasteiger partial charge in [-0.25, -0.2) is 0 Å². The van der Waals surface area contributed by atoms with Crippen molar-refractivity contribution < 1.29 is 14.3 Å². The molecule has 0 spiro atoms. The molecule has 1 atom stereocenters. The lowest BCUT2D eigenvalue weighted by atomic mass is 10.0. The number of hydrogen-bond acceptors (Lipinski definition) is 3. The standard InChI is InChI=1S/C24H32N2O3/c1-16(2)25-24(28)19(5)26(15-20-7-9-22(29-6)10-8-20)23(27)14-21-12-17(3)11-18(4)13-21/h7-13,16,19H,14-15H2,1-6H3,(H,25,28)/t19-/m1/s1. The minimum absolute atomic E-state index is 0.0160. The van der Waals surface area contributed by atoms with Gasteiger partial charge in [0.05, 0.1) is 13.5 Å². The molecule has 0 saturated heterocycles. The van der Waals surface area contributed by atoms with E-state index in [4.69, 9.17) is 4.74 Å². The Labute approximate surface area is 174 Å².